The standard InChI is InChI=1S/C9H8F4.C2H6/c1-6(9(11,12)13)7-3-2-4-8(10)5-7;1-2/h2-6H,1H3;1-2H3. The van der Waals surface area contributed by atoms with Crippen molar-refractivity contribution in [2.75, 3.05) is 0 Å². The fourth-order valence-corrected chi connectivity index (χ4v) is 0.965. The summed E-state index contributed by atoms with van der Waals surface area (Å²) in [4.78, 5) is 0. The maximum absolute atomic E-state index is 12.5. The molecule has 0 heterocycles. The number of halogens is 4. The fourth-order valence-electron chi connectivity index (χ4n) is 0.965. The molecule has 0 spiro atoms. The molecule has 86 valence electrons. The average molecular weight is 222 g/mol. The lowest BCUT2D eigenvalue weighted by Gasteiger charge is -2.15. The summed E-state index contributed by atoms with van der Waals surface area (Å²) < 4.78 is 49.0. The molecule has 0 aliphatic carbocycles. The lowest BCUT2D eigenvalue weighted by molar-refractivity contribution is -0.146. The van der Waals surface area contributed by atoms with Crippen LogP contribution in [0.3, 0.4) is 0 Å². The van der Waals surface area contributed by atoms with Crippen molar-refractivity contribution in [3.05, 3.63) is 35.6 Å². The third-order valence-corrected chi connectivity index (χ3v) is 1.84. The summed E-state index contributed by atoms with van der Waals surface area (Å²) in [7, 11) is 0. The minimum atomic E-state index is -4.31. The van der Waals surface area contributed by atoms with Crippen LogP contribution in [0.2, 0.25) is 0 Å². The first-order valence-corrected chi connectivity index (χ1v) is 4.73. The number of hydrogen-bond donors (Lipinski definition) is 0. The van der Waals surface area contributed by atoms with Crippen LogP contribution in [0.1, 0.15) is 32.3 Å². The van der Waals surface area contributed by atoms with Gasteiger partial charge >= 0.3 is 6.18 Å². The molecule has 0 saturated carbocycles. The summed E-state index contributed by atoms with van der Waals surface area (Å²) in [6, 6.07) is 4.55. The zero-order valence-electron chi connectivity index (χ0n) is 8.90. The predicted octanol–water partition coefficient (Wildman–Crippen LogP) is 4.52. The molecule has 0 aliphatic heterocycles. The van der Waals surface area contributed by atoms with Crippen molar-refractivity contribution < 1.29 is 17.6 Å². The van der Waals surface area contributed by atoms with Crippen LogP contribution >= 0.6 is 0 Å². The Morgan fingerprint density at radius 3 is 2.07 bits per heavy atom. The van der Waals surface area contributed by atoms with Gasteiger partial charge in [-0.3, -0.25) is 0 Å². The van der Waals surface area contributed by atoms with E-state index in [0.29, 0.717) is 0 Å². The monoisotopic (exact) mass is 222 g/mol. The second-order valence-corrected chi connectivity index (χ2v) is 2.82. The normalized spacial score (nSPS) is 12.7. The van der Waals surface area contributed by atoms with E-state index in [1.807, 2.05) is 13.8 Å². The van der Waals surface area contributed by atoms with Crippen molar-refractivity contribution in [1.82, 2.24) is 0 Å². The van der Waals surface area contributed by atoms with Gasteiger partial charge in [0.25, 0.3) is 0 Å². The fraction of sp³-hybridized carbons (Fsp3) is 0.455. The van der Waals surface area contributed by atoms with E-state index in [1.54, 1.807) is 0 Å². The summed E-state index contributed by atoms with van der Waals surface area (Å²) in [5.41, 5.74) is -0.0486. The van der Waals surface area contributed by atoms with Gasteiger partial charge in [0.15, 0.2) is 0 Å². The Morgan fingerprint density at radius 1 is 1.13 bits per heavy atom. The van der Waals surface area contributed by atoms with Crippen LogP contribution in [-0.2, 0) is 0 Å². The molecule has 0 bridgehead atoms. The van der Waals surface area contributed by atoms with Crippen molar-refractivity contribution in [2.24, 2.45) is 0 Å². The van der Waals surface area contributed by atoms with Gasteiger partial charge < -0.3 is 0 Å². The van der Waals surface area contributed by atoms with Gasteiger partial charge in [0.2, 0.25) is 0 Å². The highest BCUT2D eigenvalue weighted by atomic mass is 19.4. The van der Waals surface area contributed by atoms with Crippen molar-refractivity contribution in [3.63, 3.8) is 0 Å². The van der Waals surface area contributed by atoms with Gasteiger partial charge in [0, 0.05) is 0 Å². The highest BCUT2D eigenvalue weighted by Gasteiger charge is 2.36. The number of benzene rings is 1. The van der Waals surface area contributed by atoms with Crippen LogP contribution in [0, 0.1) is 5.82 Å². The summed E-state index contributed by atoms with van der Waals surface area (Å²) >= 11 is 0. The first-order valence-electron chi connectivity index (χ1n) is 4.73. The molecule has 0 aromatic heterocycles. The van der Waals surface area contributed by atoms with Gasteiger partial charge in [-0.05, 0) is 24.6 Å². The summed E-state index contributed by atoms with van der Waals surface area (Å²) in [5, 5.41) is 0. The van der Waals surface area contributed by atoms with Crippen LogP contribution in [0.15, 0.2) is 24.3 Å². The molecule has 15 heavy (non-hydrogen) atoms. The predicted molar refractivity (Wildman–Crippen MR) is 52.2 cm³/mol. The maximum atomic E-state index is 12.5. The molecule has 0 fully saturated rings. The topological polar surface area (TPSA) is 0 Å². The van der Waals surface area contributed by atoms with Crippen molar-refractivity contribution in [1.29, 1.82) is 0 Å². The third-order valence-electron chi connectivity index (χ3n) is 1.84. The SMILES string of the molecule is CC.CC(c1cccc(F)c1)C(F)(F)F. The van der Waals surface area contributed by atoms with E-state index in [-0.39, 0.29) is 5.56 Å². The largest absolute Gasteiger partial charge is 0.395 e. The minimum absolute atomic E-state index is 0.0486. The molecule has 1 atom stereocenters. The molecular formula is C11H14F4. The molecule has 1 unspecified atom stereocenters. The van der Waals surface area contributed by atoms with Gasteiger partial charge in [0.1, 0.15) is 5.82 Å². The number of alkyl halides is 3. The Kier molecular flexibility index (Phi) is 5.33. The molecule has 0 aliphatic rings. The van der Waals surface area contributed by atoms with E-state index < -0.39 is 17.9 Å². The molecule has 1 rings (SSSR count). The Balaban J connectivity index is 0.000000921. The Labute approximate surface area is 86.9 Å². The highest BCUT2D eigenvalue weighted by Crippen LogP contribution is 2.34. The van der Waals surface area contributed by atoms with Crippen molar-refractivity contribution in [3.8, 4) is 0 Å². The minimum Gasteiger partial charge on any atom is -0.207 e. The second kappa shape index (κ2) is 5.73. The van der Waals surface area contributed by atoms with Gasteiger partial charge in [-0.1, -0.05) is 26.0 Å². The summed E-state index contributed by atoms with van der Waals surface area (Å²) in [5.74, 6) is -2.27. The van der Waals surface area contributed by atoms with Gasteiger partial charge in [-0.2, -0.15) is 13.2 Å². The Bertz CT molecular complexity index is 291. The molecule has 0 amide bonds. The van der Waals surface area contributed by atoms with Crippen LogP contribution in [0.4, 0.5) is 17.6 Å². The van der Waals surface area contributed by atoms with Crippen molar-refractivity contribution >= 4 is 0 Å². The quantitative estimate of drug-likeness (QED) is 0.613. The second-order valence-electron chi connectivity index (χ2n) is 2.82. The molecular weight excluding hydrogens is 208 g/mol. The van der Waals surface area contributed by atoms with Gasteiger partial charge in [0.05, 0.1) is 5.92 Å². The molecule has 0 saturated heterocycles. The lowest BCUT2D eigenvalue weighted by Crippen LogP contribution is -2.17. The van der Waals surface area contributed by atoms with Crippen LogP contribution in [0.5, 0.6) is 0 Å². The smallest absolute Gasteiger partial charge is 0.207 e. The van der Waals surface area contributed by atoms with E-state index >= 15 is 0 Å². The van der Waals surface area contributed by atoms with E-state index in [2.05, 4.69) is 0 Å². The Hall–Kier alpha value is -1.06. The van der Waals surface area contributed by atoms with Gasteiger partial charge in [-0.25, -0.2) is 4.39 Å². The number of rotatable bonds is 1. The molecule has 0 nitrogen and oxygen atoms in total. The van der Waals surface area contributed by atoms with Crippen molar-refractivity contribution in [2.45, 2.75) is 32.9 Å². The Morgan fingerprint density at radius 2 is 1.67 bits per heavy atom. The maximum Gasteiger partial charge on any atom is 0.395 e. The first-order chi connectivity index (χ1) is 6.91. The average Bonchev–Trinajstić information content (AvgIpc) is 2.18. The third kappa shape index (κ3) is 4.32. The van der Waals surface area contributed by atoms with Crippen LogP contribution in [-0.4, -0.2) is 6.18 Å². The zero-order valence-corrected chi connectivity index (χ0v) is 8.90. The molecule has 0 N–H and O–H groups in total. The number of hydrogen-bond acceptors (Lipinski definition) is 0. The van der Waals surface area contributed by atoms with E-state index in [1.165, 1.54) is 12.1 Å². The summed E-state index contributed by atoms with van der Waals surface area (Å²) in [6.07, 6.45) is -4.31. The van der Waals surface area contributed by atoms with E-state index in [9.17, 15) is 17.6 Å². The van der Waals surface area contributed by atoms with E-state index in [0.717, 1.165) is 19.1 Å². The molecule has 0 radical (unpaired) electrons. The molecule has 4 heteroatoms. The zero-order chi connectivity index (χ0) is 12.1. The lowest BCUT2D eigenvalue weighted by atomic mass is 10.0. The molecule has 1 aromatic rings. The van der Waals surface area contributed by atoms with Crippen LogP contribution < -0.4 is 0 Å². The molecule has 1 aromatic carbocycles. The van der Waals surface area contributed by atoms with E-state index in [4.69, 9.17) is 0 Å². The van der Waals surface area contributed by atoms with Crippen LogP contribution in [0.25, 0.3) is 0 Å². The summed E-state index contributed by atoms with van der Waals surface area (Å²) in [6.45, 7) is 5.01. The highest BCUT2D eigenvalue weighted by molar-refractivity contribution is 5.21. The van der Waals surface area contributed by atoms with Gasteiger partial charge in [-0.15, -0.1) is 0 Å². The first kappa shape index (κ1) is 13.9.